The van der Waals surface area contributed by atoms with Crippen LogP contribution in [0.15, 0.2) is 17.1 Å². The molecular weight excluding hydrogens is 389 g/mol. The molecule has 2 aromatic rings. The van der Waals surface area contributed by atoms with Crippen molar-refractivity contribution in [1.29, 1.82) is 0 Å². The highest BCUT2D eigenvalue weighted by atomic mass is 35.5. The zero-order chi connectivity index (χ0) is 19.3. The Morgan fingerprint density at radius 3 is 2.61 bits per heavy atom. The van der Waals surface area contributed by atoms with Crippen LogP contribution in [0.3, 0.4) is 0 Å². The van der Waals surface area contributed by atoms with Gasteiger partial charge < -0.3 is 19.9 Å². The first-order chi connectivity index (χ1) is 12.9. The molecule has 0 amide bonds. The second-order valence-electron chi connectivity index (χ2n) is 6.99. The number of nitrogens with zero attached hydrogens (tertiary/aromatic N) is 2. The van der Waals surface area contributed by atoms with Crippen molar-refractivity contribution in [2.45, 2.75) is 25.8 Å². The van der Waals surface area contributed by atoms with Gasteiger partial charge >= 0.3 is 5.97 Å². The van der Waals surface area contributed by atoms with E-state index in [0.29, 0.717) is 38.1 Å². The third-order valence-electron chi connectivity index (χ3n) is 5.47. The molecule has 1 saturated heterocycles. The molecule has 7 nitrogen and oxygen atoms in total. The molecule has 2 aliphatic rings. The van der Waals surface area contributed by atoms with E-state index in [1.807, 2.05) is 11.8 Å². The molecule has 1 atom stereocenters. The third-order valence-corrected chi connectivity index (χ3v) is 5.47. The van der Waals surface area contributed by atoms with Gasteiger partial charge in [0.15, 0.2) is 5.78 Å². The Labute approximate surface area is 166 Å². The van der Waals surface area contributed by atoms with Gasteiger partial charge in [-0.25, -0.2) is 9.18 Å². The number of hydrogen-bond acceptors (Lipinski definition) is 5. The Balaban J connectivity index is 0.00000225. The third kappa shape index (κ3) is 2.97. The van der Waals surface area contributed by atoms with Gasteiger partial charge in [0.05, 0.1) is 22.2 Å². The largest absolute Gasteiger partial charge is 0.477 e. The number of aromatic carboxylic acids is 1. The number of hydrogen-bond donors (Lipinski definition) is 2. The molecule has 0 spiro atoms. The zero-order valence-electron chi connectivity index (χ0n) is 15.3. The minimum atomic E-state index is -1.36. The van der Waals surface area contributed by atoms with Gasteiger partial charge in [-0.2, -0.15) is 0 Å². The number of rotatable bonds is 3. The smallest absolute Gasteiger partial charge is 0.341 e. The summed E-state index contributed by atoms with van der Waals surface area (Å²) in [5, 5.41) is 12.5. The summed E-state index contributed by atoms with van der Waals surface area (Å²) in [5.41, 5.74) is -0.394. The summed E-state index contributed by atoms with van der Waals surface area (Å²) in [7, 11) is 0. The monoisotopic (exact) mass is 409 g/mol. The quantitative estimate of drug-likeness (QED) is 0.807. The average molecular weight is 410 g/mol. The van der Waals surface area contributed by atoms with Crippen molar-refractivity contribution in [3.05, 3.63) is 39.4 Å². The molecule has 9 heteroatoms. The maximum absolute atomic E-state index is 15.1. The topological polar surface area (TPSA) is 91.6 Å². The normalized spacial score (nSPS) is 18.9. The fourth-order valence-corrected chi connectivity index (χ4v) is 4.14. The fourth-order valence-electron chi connectivity index (χ4n) is 4.14. The number of carbonyl (C=O) groups excluding carboxylic acids is 1. The van der Waals surface area contributed by atoms with Crippen LogP contribution in [0.4, 0.5) is 10.1 Å². The molecule has 1 fully saturated rings. The molecule has 0 saturated carbocycles. The van der Waals surface area contributed by atoms with E-state index in [2.05, 4.69) is 5.32 Å². The molecule has 4 rings (SSSR count). The number of Topliss-reactive ketones (excluding diaryl/α,β-unsaturated/α-hetero) is 1. The van der Waals surface area contributed by atoms with Crippen molar-refractivity contribution in [1.82, 2.24) is 9.88 Å². The molecule has 1 aromatic heterocycles. The van der Waals surface area contributed by atoms with Crippen molar-refractivity contribution in [2.24, 2.45) is 0 Å². The first-order valence-corrected chi connectivity index (χ1v) is 9.07. The molecular formula is C19H21ClFN3O4. The Kier molecular flexibility index (Phi) is 5.45. The number of piperazine rings is 1. The Morgan fingerprint density at radius 1 is 1.32 bits per heavy atom. The number of nitrogens with one attached hydrogen (secondary N) is 1. The highest BCUT2D eigenvalue weighted by Crippen LogP contribution is 2.39. The van der Waals surface area contributed by atoms with Gasteiger partial charge in [0, 0.05) is 44.8 Å². The summed E-state index contributed by atoms with van der Waals surface area (Å²) < 4.78 is 16.7. The molecule has 2 aliphatic heterocycles. The molecule has 1 unspecified atom stereocenters. The number of anilines is 1. The first kappa shape index (κ1) is 20.3. The summed E-state index contributed by atoms with van der Waals surface area (Å²) in [6.07, 6.45) is 2.06. The minimum Gasteiger partial charge on any atom is -0.477 e. The SMILES string of the molecule is CCC1CC(=O)c2c(N3CCNCC3)c(F)cc3c(=O)c(C(=O)O)cn1c23.Cl. The lowest BCUT2D eigenvalue weighted by Crippen LogP contribution is -2.45. The van der Waals surface area contributed by atoms with Gasteiger partial charge in [-0.15, -0.1) is 12.4 Å². The van der Waals surface area contributed by atoms with Crippen LogP contribution in [-0.2, 0) is 0 Å². The Morgan fingerprint density at radius 2 is 2.00 bits per heavy atom. The van der Waals surface area contributed by atoms with Crippen LogP contribution < -0.4 is 15.6 Å². The maximum atomic E-state index is 15.1. The Bertz CT molecular complexity index is 1030. The number of carbonyl (C=O) groups is 2. The zero-order valence-corrected chi connectivity index (χ0v) is 16.1. The van der Waals surface area contributed by atoms with E-state index in [0.717, 1.165) is 6.07 Å². The van der Waals surface area contributed by atoms with Gasteiger partial charge in [-0.1, -0.05) is 6.92 Å². The standard InChI is InChI=1S/C19H20FN3O4.ClH/c1-2-10-7-14(24)15-16-11(18(25)12(19(26)27)9-23(10)16)8-13(20)17(15)22-5-3-21-4-6-22;/h8-10,21H,2-7H2,1H3,(H,26,27);1H. The summed E-state index contributed by atoms with van der Waals surface area (Å²) >= 11 is 0. The van der Waals surface area contributed by atoms with Crippen LogP contribution in [-0.4, -0.2) is 47.6 Å². The molecule has 28 heavy (non-hydrogen) atoms. The van der Waals surface area contributed by atoms with Crippen LogP contribution in [0.25, 0.3) is 10.9 Å². The van der Waals surface area contributed by atoms with E-state index in [1.54, 1.807) is 4.57 Å². The number of pyridine rings is 1. The van der Waals surface area contributed by atoms with E-state index in [1.165, 1.54) is 6.20 Å². The summed E-state index contributed by atoms with van der Waals surface area (Å²) in [6, 6.07) is 0.833. The molecule has 2 N–H and O–H groups in total. The molecule has 150 valence electrons. The Hall–Kier alpha value is -2.45. The van der Waals surface area contributed by atoms with E-state index < -0.39 is 22.8 Å². The van der Waals surface area contributed by atoms with Gasteiger partial charge in [-0.3, -0.25) is 9.59 Å². The van der Waals surface area contributed by atoms with Crippen molar-refractivity contribution in [3.63, 3.8) is 0 Å². The van der Waals surface area contributed by atoms with E-state index in [-0.39, 0.29) is 47.3 Å². The highest BCUT2D eigenvalue weighted by molar-refractivity contribution is 6.13. The van der Waals surface area contributed by atoms with E-state index in [9.17, 15) is 19.5 Å². The predicted octanol–water partition coefficient (Wildman–Crippen LogP) is 2.21. The van der Waals surface area contributed by atoms with Crippen molar-refractivity contribution in [2.75, 3.05) is 31.1 Å². The number of ketones is 1. The van der Waals surface area contributed by atoms with Gasteiger partial charge in [0.2, 0.25) is 5.43 Å². The van der Waals surface area contributed by atoms with Crippen molar-refractivity contribution in [3.8, 4) is 0 Å². The molecule has 0 aliphatic carbocycles. The second-order valence-corrected chi connectivity index (χ2v) is 6.99. The lowest BCUT2D eigenvalue weighted by atomic mass is 9.91. The minimum absolute atomic E-state index is 0. The van der Waals surface area contributed by atoms with Crippen LogP contribution in [0.1, 0.15) is 46.5 Å². The average Bonchev–Trinajstić information content (AvgIpc) is 2.66. The summed E-state index contributed by atoms with van der Waals surface area (Å²) in [5.74, 6) is -2.22. The maximum Gasteiger partial charge on any atom is 0.341 e. The van der Waals surface area contributed by atoms with Crippen LogP contribution in [0.5, 0.6) is 0 Å². The molecule has 3 heterocycles. The van der Waals surface area contributed by atoms with E-state index in [4.69, 9.17) is 0 Å². The van der Waals surface area contributed by atoms with Gasteiger partial charge in [0.25, 0.3) is 0 Å². The van der Waals surface area contributed by atoms with Gasteiger partial charge in [0.1, 0.15) is 11.4 Å². The van der Waals surface area contributed by atoms with Gasteiger partial charge in [-0.05, 0) is 12.5 Å². The summed E-state index contributed by atoms with van der Waals surface area (Å²) in [4.78, 5) is 38.9. The number of benzene rings is 1. The summed E-state index contributed by atoms with van der Waals surface area (Å²) in [6.45, 7) is 4.35. The molecule has 1 aromatic carbocycles. The fraction of sp³-hybridized carbons (Fsp3) is 0.421. The number of carboxylic acids is 1. The highest BCUT2D eigenvalue weighted by Gasteiger charge is 2.34. The number of halogens is 2. The lowest BCUT2D eigenvalue weighted by molar-refractivity contribution is 0.0694. The lowest BCUT2D eigenvalue weighted by Gasteiger charge is -2.34. The van der Waals surface area contributed by atoms with Crippen LogP contribution >= 0.6 is 12.4 Å². The number of aromatic nitrogens is 1. The van der Waals surface area contributed by atoms with Crippen molar-refractivity contribution >= 4 is 40.7 Å². The molecule has 0 bridgehead atoms. The molecule has 0 radical (unpaired) electrons. The second kappa shape index (κ2) is 7.52. The van der Waals surface area contributed by atoms with E-state index >= 15 is 4.39 Å². The van der Waals surface area contributed by atoms with Crippen molar-refractivity contribution < 1.29 is 19.1 Å². The van der Waals surface area contributed by atoms with Crippen LogP contribution in [0.2, 0.25) is 0 Å². The number of carboxylic acid groups (broad SMARTS) is 1. The predicted molar refractivity (Wildman–Crippen MR) is 106 cm³/mol. The van der Waals surface area contributed by atoms with Crippen LogP contribution in [0, 0.1) is 5.82 Å². The first-order valence-electron chi connectivity index (χ1n) is 9.07.